The normalized spacial score (nSPS) is 11.6. The average Bonchev–Trinajstić information content (AvgIpc) is 2.26. The minimum absolute atomic E-state index is 0.376. The van der Waals surface area contributed by atoms with Crippen LogP contribution in [0.25, 0.3) is 6.08 Å². The van der Waals surface area contributed by atoms with Crippen molar-refractivity contribution in [3.63, 3.8) is 0 Å². The Balaban J connectivity index is 2.47. The molecule has 0 unspecified atom stereocenters. The number of ether oxygens (including phenoxy) is 1. The van der Waals surface area contributed by atoms with Crippen LogP contribution in [-0.4, -0.2) is 23.2 Å². The second-order valence-electron chi connectivity index (χ2n) is 4.81. The highest BCUT2D eigenvalue weighted by Crippen LogP contribution is 2.19. The number of aromatic nitrogens is 1. The van der Waals surface area contributed by atoms with Gasteiger partial charge in [0.2, 0.25) is 0 Å². The van der Waals surface area contributed by atoms with E-state index in [0.717, 1.165) is 10.0 Å². The Morgan fingerprint density at radius 3 is 2.89 bits per heavy atom. The molecule has 1 rings (SSSR count). The highest BCUT2D eigenvalue weighted by molar-refractivity contribution is 9.10. The number of carbonyl (C=O) groups is 1. The van der Waals surface area contributed by atoms with E-state index in [1.54, 1.807) is 18.3 Å². The van der Waals surface area contributed by atoms with Crippen molar-refractivity contribution >= 4 is 39.7 Å². The summed E-state index contributed by atoms with van der Waals surface area (Å²) in [4.78, 5) is 15.3. The van der Waals surface area contributed by atoms with Gasteiger partial charge in [-0.2, -0.15) is 0 Å². The van der Waals surface area contributed by atoms with Crippen molar-refractivity contribution in [3.05, 3.63) is 33.5 Å². The molecule has 0 bridgehead atoms. The van der Waals surface area contributed by atoms with Crippen molar-refractivity contribution in [3.8, 4) is 0 Å². The molecular formula is C13H16BrClN2O2. The van der Waals surface area contributed by atoms with Gasteiger partial charge in [-0.25, -0.2) is 9.78 Å². The first-order valence-electron chi connectivity index (χ1n) is 5.72. The van der Waals surface area contributed by atoms with Gasteiger partial charge in [0.25, 0.3) is 0 Å². The Bertz CT molecular complexity index is 484. The van der Waals surface area contributed by atoms with Crippen LogP contribution in [0.4, 0.5) is 4.79 Å². The molecule has 1 amide bonds. The standard InChI is InChI=1S/C13H16BrClN2O2/c1-13(2,3)19-12(18)16-6-4-5-9-7-11(15)17-8-10(9)14/h4-5,7-8H,6H2,1-3H3,(H,16,18). The van der Waals surface area contributed by atoms with E-state index in [0.29, 0.717) is 11.7 Å². The topological polar surface area (TPSA) is 51.2 Å². The van der Waals surface area contributed by atoms with E-state index in [9.17, 15) is 4.79 Å². The first kappa shape index (κ1) is 16.0. The van der Waals surface area contributed by atoms with Gasteiger partial charge in [0.1, 0.15) is 10.8 Å². The van der Waals surface area contributed by atoms with E-state index in [1.165, 1.54) is 0 Å². The van der Waals surface area contributed by atoms with Gasteiger partial charge in [-0.1, -0.05) is 23.8 Å². The summed E-state index contributed by atoms with van der Waals surface area (Å²) >= 11 is 9.16. The maximum Gasteiger partial charge on any atom is 0.407 e. The summed E-state index contributed by atoms with van der Waals surface area (Å²) in [7, 11) is 0. The maximum absolute atomic E-state index is 11.4. The number of hydrogen-bond acceptors (Lipinski definition) is 3. The SMILES string of the molecule is CC(C)(C)OC(=O)NCC=Cc1cc(Cl)ncc1Br. The van der Waals surface area contributed by atoms with Gasteiger partial charge in [0.15, 0.2) is 0 Å². The van der Waals surface area contributed by atoms with Gasteiger partial charge in [0, 0.05) is 17.2 Å². The molecule has 1 N–H and O–H groups in total. The van der Waals surface area contributed by atoms with Crippen molar-refractivity contribution < 1.29 is 9.53 Å². The summed E-state index contributed by atoms with van der Waals surface area (Å²) < 4.78 is 5.95. The second kappa shape index (κ2) is 6.91. The first-order chi connectivity index (χ1) is 8.78. The lowest BCUT2D eigenvalue weighted by Crippen LogP contribution is -2.32. The minimum Gasteiger partial charge on any atom is -0.444 e. The van der Waals surface area contributed by atoms with Crippen LogP contribution in [0, 0.1) is 0 Å². The van der Waals surface area contributed by atoms with Crippen LogP contribution in [0.2, 0.25) is 5.15 Å². The fraction of sp³-hybridized carbons (Fsp3) is 0.385. The lowest BCUT2D eigenvalue weighted by Gasteiger charge is -2.19. The molecule has 0 spiro atoms. The Morgan fingerprint density at radius 2 is 2.26 bits per heavy atom. The van der Waals surface area contributed by atoms with Crippen LogP contribution in [0.3, 0.4) is 0 Å². The third-order valence-corrected chi connectivity index (χ3v) is 2.78. The van der Waals surface area contributed by atoms with Crippen LogP contribution >= 0.6 is 27.5 Å². The summed E-state index contributed by atoms with van der Waals surface area (Å²) in [6.07, 6.45) is 4.84. The van der Waals surface area contributed by atoms with E-state index in [4.69, 9.17) is 16.3 Å². The minimum atomic E-state index is -0.491. The highest BCUT2D eigenvalue weighted by atomic mass is 79.9. The van der Waals surface area contributed by atoms with Gasteiger partial charge in [-0.15, -0.1) is 0 Å². The van der Waals surface area contributed by atoms with E-state index in [1.807, 2.05) is 26.8 Å². The van der Waals surface area contributed by atoms with Gasteiger partial charge >= 0.3 is 6.09 Å². The van der Waals surface area contributed by atoms with E-state index < -0.39 is 11.7 Å². The Labute approximate surface area is 126 Å². The molecule has 104 valence electrons. The number of alkyl carbamates (subject to hydrolysis) is 1. The van der Waals surface area contributed by atoms with Gasteiger partial charge in [-0.3, -0.25) is 0 Å². The zero-order valence-corrected chi connectivity index (χ0v) is 13.4. The molecule has 0 radical (unpaired) electrons. The number of pyridine rings is 1. The zero-order chi connectivity index (χ0) is 14.5. The smallest absolute Gasteiger partial charge is 0.407 e. The maximum atomic E-state index is 11.4. The Hall–Kier alpha value is -1.07. The molecule has 0 aliphatic rings. The molecule has 0 aliphatic carbocycles. The van der Waals surface area contributed by atoms with Gasteiger partial charge < -0.3 is 10.1 Å². The van der Waals surface area contributed by atoms with E-state index in [-0.39, 0.29) is 0 Å². The summed E-state index contributed by atoms with van der Waals surface area (Å²) in [5.41, 5.74) is 0.404. The number of rotatable bonds is 3. The molecule has 0 aliphatic heterocycles. The molecule has 4 nitrogen and oxygen atoms in total. The van der Waals surface area contributed by atoms with Gasteiger partial charge in [0.05, 0.1) is 0 Å². The van der Waals surface area contributed by atoms with Crippen LogP contribution in [0.5, 0.6) is 0 Å². The summed E-state index contributed by atoms with van der Waals surface area (Å²) in [5, 5.41) is 3.05. The lowest BCUT2D eigenvalue weighted by atomic mass is 10.2. The third kappa shape index (κ3) is 6.59. The predicted octanol–water partition coefficient (Wildman–Crippen LogP) is 4.04. The number of carbonyl (C=O) groups excluding carboxylic acids is 1. The van der Waals surface area contributed by atoms with Crippen molar-refractivity contribution in [2.24, 2.45) is 0 Å². The van der Waals surface area contributed by atoms with Crippen LogP contribution in [0.1, 0.15) is 26.3 Å². The Morgan fingerprint density at radius 1 is 1.58 bits per heavy atom. The van der Waals surface area contributed by atoms with Crippen LogP contribution in [-0.2, 0) is 4.74 Å². The number of nitrogens with zero attached hydrogens (tertiary/aromatic N) is 1. The molecule has 0 fully saturated rings. The van der Waals surface area contributed by atoms with E-state index >= 15 is 0 Å². The average molecular weight is 348 g/mol. The largest absolute Gasteiger partial charge is 0.444 e. The molecule has 19 heavy (non-hydrogen) atoms. The molecule has 1 aromatic rings. The zero-order valence-electron chi connectivity index (χ0n) is 11.0. The first-order valence-corrected chi connectivity index (χ1v) is 6.89. The number of nitrogens with one attached hydrogen (secondary N) is 1. The quantitative estimate of drug-likeness (QED) is 0.840. The van der Waals surface area contributed by atoms with Crippen LogP contribution in [0.15, 0.2) is 22.8 Å². The van der Waals surface area contributed by atoms with Crippen molar-refractivity contribution in [1.82, 2.24) is 10.3 Å². The van der Waals surface area contributed by atoms with Crippen molar-refractivity contribution in [2.45, 2.75) is 26.4 Å². The lowest BCUT2D eigenvalue weighted by molar-refractivity contribution is 0.0534. The number of halogens is 2. The van der Waals surface area contributed by atoms with Crippen LogP contribution < -0.4 is 5.32 Å². The molecule has 0 saturated carbocycles. The number of amides is 1. The van der Waals surface area contributed by atoms with Crippen molar-refractivity contribution in [2.75, 3.05) is 6.54 Å². The summed E-state index contributed by atoms with van der Waals surface area (Å²) in [6.45, 7) is 5.83. The van der Waals surface area contributed by atoms with Crippen molar-refractivity contribution in [1.29, 1.82) is 0 Å². The number of hydrogen-bond donors (Lipinski definition) is 1. The molecular weight excluding hydrogens is 332 g/mol. The fourth-order valence-electron chi connectivity index (χ4n) is 1.20. The molecule has 6 heteroatoms. The molecule has 0 aromatic carbocycles. The summed E-state index contributed by atoms with van der Waals surface area (Å²) in [6, 6.07) is 1.73. The second-order valence-corrected chi connectivity index (χ2v) is 6.06. The monoisotopic (exact) mass is 346 g/mol. The third-order valence-electron chi connectivity index (χ3n) is 1.91. The summed E-state index contributed by atoms with van der Waals surface area (Å²) in [5.74, 6) is 0. The molecule has 0 atom stereocenters. The van der Waals surface area contributed by atoms with E-state index in [2.05, 4.69) is 26.2 Å². The Kier molecular flexibility index (Phi) is 5.82. The molecule has 1 heterocycles. The fourth-order valence-corrected chi connectivity index (χ4v) is 1.71. The highest BCUT2D eigenvalue weighted by Gasteiger charge is 2.14. The molecule has 0 saturated heterocycles. The molecule has 1 aromatic heterocycles. The van der Waals surface area contributed by atoms with Gasteiger partial charge in [-0.05, 0) is 48.3 Å². The predicted molar refractivity (Wildman–Crippen MR) is 80.2 cm³/mol.